The first-order valence-corrected chi connectivity index (χ1v) is 5.56. The summed E-state index contributed by atoms with van der Waals surface area (Å²) in [5, 5.41) is 8.43. The second kappa shape index (κ2) is 9.97. The highest BCUT2D eigenvalue weighted by Crippen LogP contribution is 2.10. The van der Waals surface area contributed by atoms with Crippen molar-refractivity contribution >= 4 is 0 Å². The molecule has 0 amide bonds. The van der Waals surface area contributed by atoms with E-state index in [1.54, 1.807) is 0 Å². The van der Waals surface area contributed by atoms with Gasteiger partial charge < -0.3 is 5.11 Å². The molecule has 13 heavy (non-hydrogen) atoms. The molecule has 0 saturated carbocycles. The van der Waals surface area contributed by atoms with Crippen molar-refractivity contribution in [3.63, 3.8) is 0 Å². The molecular formula is C11H23FO. The Labute approximate surface area is 81.3 Å². The second-order valence-electron chi connectivity index (χ2n) is 3.69. The molecule has 0 unspecified atom stereocenters. The fraction of sp³-hybridized carbons (Fsp3) is 1.00. The van der Waals surface area contributed by atoms with E-state index in [2.05, 4.69) is 6.92 Å². The maximum absolute atomic E-state index is 12.5. The number of unbranched alkanes of at least 4 members (excludes halogenated alkanes) is 6. The molecule has 0 saturated heterocycles. The lowest BCUT2D eigenvalue weighted by Crippen LogP contribution is -2.04. The predicted molar refractivity (Wildman–Crippen MR) is 54.6 cm³/mol. The van der Waals surface area contributed by atoms with E-state index < -0.39 is 6.17 Å². The molecule has 0 aromatic rings. The standard InChI is InChI=1S/C11H23FO/c1-2-3-4-5-6-7-8-9-11(12)10-13/h11,13H,2-10H2,1H3/t11-/m1/s1. The fourth-order valence-corrected chi connectivity index (χ4v) is 1.41. The van der Waals surface area contributed by atoms with E-state index in [0.29, 0.717) is 6.42 Å². The van der Waals surface area contributed by atoms with Gasteiger partial charge in [-0.1, -0.05) is 51.9 Å². The van der Waals surface area contributed by atoms with Crippen LogP contribution in [0.4, 0.5) is 4.39 Å². The molecule has 2 heteroatoms. The third-order valence-corrected chi connectivity index (χ3v) is 2.32. The highest BCUT2D eigenvalue weighted by Gasteiger charge is 2.02. The van der Waals surface area contributed by atoms with Crippen molar-refractivity contribution in [3.05, 3.63) is 0 Å². The topological polar surface area (TPSA) is 20.2 Å². The summed E-state index contributed by atoms with van der Waals surface area (Å²) in [5.74, 6) is 0. The van der Waals surface area contributed by atoms with Gasteiger partial charge in [-0.15, -0.1) is 0 Å². The van der Waals surface area contributed by atoms with Crippen LogP contribution < -0.4 is 0 Å². The fourth-order valence-electron chi connectivity index (χ4n) is 1.41. The minimum atomic E-state index is -0.990. The van der Waals surface area contributed by atoms with E-state index in [0.717, 1.165) is 12.8 Å². The van der Waals surface area contributed by atoms with Crippen molar-refractivity contribution in [2.24, 2.45) is 0 Å². The van der Waals surface area contributed by atoms with Crippen LogP contribution in [-0.4, -0.2) is 17.9 Å². The van der Waals surface area contributed by atoms with Gasteiger partial charge >= 0.3 is 0 Å². The Hall–Kier alpha value is -0.110. The first-order valence-electron chi connectivity index (χ1n) is 5.56. The molecule has 0 heterocycles. The monoisotopic (exact) mass is 190 g/mol. The average Bonchev–Trinajstić information content (AvgIpc) is 2.16. The first kappa shape index (κ1) is 12.9. The summed E-state index contributed by atoms with van der Waals surface area (Å²) < 4.78 is 12.5. The number of aliphatic hydroxyl groups excluding tert-OH is 1. The maximum Gasteiger partial charge on any atom is 0.123 e. The molecule has 1 N–H and O–H groups in total. The SMILES string of the molecule is CCCCCCCCC[C@@H](F)CO. The van der Waals surface area contributed by atoms with Gasteiger partial charge in [0.2, 0.25) is 0 Å². The zero-order chi connectivity index (χ0) is 9.94. The molecule has 0 aliphatic rings. The highest BCUT2D eigenvalue weighted by atomic mass is 19.1. The summed E-state index contributed by atoms with van der Waals surface area (Å²) in [4.78, 5) is 0. The molecule has 1 nitrogen and oxygen atoms in total. The van der Waals surface area contributed by atoms with E-state index in [9.17, 15) is 4.39 Å². The Balaban J connectivity index is 2.91. The summed E-state index contributed by atoms with van der Waals surface area (Å²) in [6.07, 6.45) is 8.00. The van der Waals surface area contributed by atoms with E-state index in [1.807, 2.05) is 0 Å². The molecule has 0 spiro atoms. The van der Waals surface area contributed by atoms with E-state index in [-0.39, 0.29) is 6.61 Å². The predicted octanol–water partition coefficient (Wildman–Crippen LogP) is 3.46. The molecule has 0 fully saturated rings. The van der Waals surface area contributed by atoms with Crippen molar-refractivity contribution < 1.29 is 9.50 Å². The molecule has 0 aliphatic heterocycles. The molecule has 0 aliphatic carbocycles. The number of halogens is 1. The van der Waals surface area contributed by atoms with Gasteiger partial charge in [-0.3, -0.25) is 0 Å². The van der Waals surface area contributed by atoms with Gasteiger partial charge in [0.15, 0.2) is 0 Å². The number of hydrogen-bond donors (Lipinski definition) is 1. The molecular weight excluding hydrogens is 167 g/mol. The molecule has 0 rings (SSSR count). The van der Waals surface area contributed by atoms with Gasteiger partial charge in [-0.25, -0.2) is 4.39 Å². The zero-order valence-corrected chi connectivity index (χ0v) is 8.77. The molecule has 0 aromatic heterocycles. The minimum absolute atomic E-state index is 0.310. The Morgan fingerprint density at radius 3 is 2.08 bits per heavy atom. The normalized spacial score (nSPS) is 13.2. The smallest absolute Gasteiger partial charge is 0.123 e. The maximum atomic E-state index is 12.5. The van der Waals surface area contributed by atoms with E-state index in [1.165, 1.54) is 32.1 Å². The summed E-state index contributed by atoms with van der Waals surface area (Å²) in [6, 6.07) is 0. The third-order valence-electron chi connectivity index (χ3n) is 2.32. The molecule has 0 aromatic carbocycles. The van der Waals surface area contributed by atoms with Gasteiger partial charge in [0, 0.05) is 0 Å². The van der Waals surface area contributed by atoms with Crippen LogP contribution in [0.5, 0.6) is 0 Å². The highest BCUT2D eigenvalue weighted by molar-refractivity contribution is 4.53. The van der Waals surface area contributed by atoms with Crippen molar-refractivity contribution in [1.82, 2.24) is 0 Å². The third kappa shape index (κ3) is 9.81. The van der Waals surface area contributed by atoms with Crippen molar-refractivity contribution in [2.45, 2.75) is 64.5 Å². The van der Waals surface area contributed by atoms with Crippen LogP contribution >= 0.6 is 0 Å². The average molecular weight is 190 g/mol. The lowest BCUT2D eigenvalue weighted by molar-refractivity contribution is 0.167. The largest absolute Gasteiger partial charge is 0.393 e. The van der Waals surface area contributed by atoms with Crippen LogP contribution in [0.1, 0.15) is 58.3 Å². The molecule has 0 bridgehead atoms. The summed E-state index contributed by atoms with van der Waals surface area (Å²) in [7, 11) is 0. The lowest BCUT2D eigenvalue weighted by atomic mass is 10.1. The summed E-state index contributed by atoms with van der Waals surface area (Å²) in [6.45, 7) is 1.89. The molecule has 0 radical (unpaired) electrons. The Bertz CT molecular complexity index is 96.1. The van der Waals surface area contributed by atoms with Crippen LogP contribution in [0.15, 0.2) is 0 Å². The Kier molecular flexibility index (Phi) is 9.89. The second-order valence-corrected chi connectivity index (χ2v) is 3.69. The number of alkyl halides is 1. The van der Waals surface area contributed by atoms with Crippen LogP contribution in [0.3, 0.4) is 0 Å². The lowest BCUT2D eigenvalue weighted by Gasteiger charge is -2.03. The van der Waals surface area contributed by atoms with Gasteiger partial charge in [0.25, 0.3) is 0 Å². The van der Waals surface area contributed by atoms with Gasteiger partial charge in [0.05, 0.1) is 6.61 Å². The summed E-state index contributed by atoms with van der Waals surface area (Å²) >= 11 is 0. The number of hydrogen-bond acceptors (Lipinski definition) is 1. The molecule has 1 atom stereocenters. The Morgan fingerprint density at radius 2 is 1.54 bits per heavy atom. The van der Waals surface area contributed by atoms with Crippen molar-refractivity contribution in [1.29, 1.82) is 0 Å². The van der Waals surface area contributed by atoms with Crippen LogP contribution in [0.25, 0.3) is 0 Å². The van der Waals surface area contributed by atoms with Gasteiger partial charge in [-0.2, -0.15) is 0 Å². The number of aliphatic hydroxyl groups is 1. The minimum Gasteiger partial charge on any atom is -0.393 e. The van der Waals surface area contributed by atoms with E-state index >= 15 is 0 Å². The van der Waals surface area contributed by atoms with Crippen LogP contribution in [-0.2, 0) is 0 Å². The summed E-state index contributed by atoms with van der Waals surface area (Å²) in [5.41, 5.74) is 0. The Morgan fingerprint density at radius 1 is 1.00 bits per heavy atom. The van der Waals surface area contributed by atoms with E-state index in [4.69, 9.17) is 5.11 Å². The van der Waals surface area contributed by atoms with Crippen molar-refractivity contribution in [3.8, 4) is 0 Å². The van der Waals surface area contributed by atoms with Crippen LogP contribution in [0, 0.1) is 0 Å². The molecule has 80 valence electrons. The van der Waals surface area contributed by atoms with Crippen LogP contribution in [0.2, 0.25) is 0 Å². The van der Waals surface area contributed by atoms with Gasteiger partial charge in [-0.05, 0) is 6.42 Å². The quantitative estimate of drug-likeness (QED) is 0.552. The first-order chi connectivity index (χ1) is 6.31. The van der Waals surface area contributed by atoms with Gasteiger partial charge in [0.1, 0.15) is 6.17 Å². The number of rotatable bonds is 9. The zero-order valence-electron chi connectivity index (χ0n) is 8.77. The van der Waals surface area contributed by atoms with Crippen molar-refractivity contribution in [2.75, 3.05) is 6.61 Å².